The maximum atomic E-state index is 13.0. The zero-order chi connectivity index (χ0) is 13.8. The Labute approximate surface area is 118 Å². The normalized spacial score (nSPS) is 12.4. The van der Waals surface area contributed by atoms with Gasteiger partial charge in [-0.25, -0.2) is 4.39 Å². The summed E-state index contributed by atoms with van der Waals surface area (Å²) in [5.41, 5.74) is 3.43. The molecule has 0 unspecified atom stereocenters. The van der Waals surface area contributed by atoms with Gasteiger partial charge in [0.25, 0.3) is 0 Å². The van der Waals surface area contributed by atoms with Gasteiger partial charge >= 0.3 is 0 Å². The van der Waals surface area contributed by atoms with Crippen LogP contribution in [0.15, 0.2) is 42.5 Å². The minimum Gasteiger partial charge on any atom is -0.306 e. The van der Waals surface area contributed by atoms with E-state index in [2.05, 4.69) is 31.3 Å². The van der Waals surface area contributed by atoms with Gasteiger partial charge in [-0.2, -0.15) is 0 Å². The average Bonchev–Trinajstić information content (AvgIpc) is 2.38. The number of aryl methyl sites for hydroxylation is 1. The molecule has 0 spiro atoms. The largest absolute Gasteiger partial charge is 0.306 e. The number of hydrogen-bond acceptors (Lipinski definition) is 1. The molecule has 2 aromatic rings. The van der Waals surface area contributed by atoms with E-state index in [0.29, 0.717) is 11.6 Å². The van der Waals surface area contributed by atoms with E-state index in [9.17, 15) is 4.39 Å². The van der Waals surface area contributed by atoms with Gasteiger partial charge in [-0.05, 0) is 42.7 Å². The fraction of sp³-hybridized carbons (Fsp3) is 0.250. The number of nitrogens with one attached hydrogen (secondary N) is 1. The van der Waals surface area contributed by atoms with Crippen molar-refractivity contribution in [1.29, 1.82) is 0 Å². The minimum atomic E-state index is -0.305. The smallest absolute Gasteiger partial charge is 0.124 e. The lowest BCUT2D eigenvalue weighted by atomic mass is 10.0. The van der Waals surface area contributed by atoms with Crippen LogP contribution in [0.4, 0.5) is 4.39 Å². The molecule has 100 valence electrons. The third-order valence-corrected chi connectivity index (χ3v) is 3.62. The number of halogens is 2. The highest BCUT2D eigenvalue weighted by Gasteiger charge is 2.08. The summed E-state index contributed by atoms with van der Waals surface area (Å²) >= 11 is 6.01. The molecule has 0 fully saturated rings. The minimum absolute atomic E-state index is 0.224. The van der Waals surface area contributed by atoms with Gasteiger partial charge in [0, 0.05) is 17.6 Å². The molecule has 0 bridgehead atoms. The van der Waals surface area contributed by atoms with E-state index in [4.69, 9.17) is 11.6 Å². The lowest BCUT2D eigenvalue weighted by Crippen LogP contribution is -2.19. The molecule has 3 heteroatoms. The summed E-state index contributed by atoms with van der Waals surface area (Å²) in [6.45, 7) is 4.83. The van der Waals surface area contributed by atoms with Crippen LogP contribution in [0.5, 0.6) is 0 Å². The Bertz CT molecular complexity index is 568. The lowest BCUT2D eigenvalue weighted by molar-refractivity contribution is 0.570. The molecule has 1 atom stereocenters. The Kier molecular flexibility index (Phi) is 4.56. The molecule has 2 rings (SSSR count). The van der Waals surface area contributed by atoms with Crippen molar-refractivity contribution >= 4 is 11.6 Å². The van der Waals surface area contributed by atoms with Gasteiger partial charge in [-0.3, -0.25) is 0 Å². The second-order valence-electron chi connectivity index (χ2n) is 4.69. The molecule has 0 aromatic heterocycles. The first kappa shape index (κ1) is 14.0. The Morgan fingerprint density at radius 2 is 1.95 bits per heavy atom. The van der Waals surface area contributed by atoms with E-state index in [1.165, 1.54) is 23.3 Å². The van der Waals surface area contributed by atoms with Crippen molar-refractivity contribution < 1.29 is 4.39 Å². The number of hydrogen-bond donors (Lipinski definition) is 1. The molecule has 19 heavy (non-hydrogen) atoms. The highest BCUT2D eigenvalue weighted by molar-refractivity contribution is 6.31. The zero-order valence-electron chi connectivity index (χ0n) is 11.1. The third-order valence-electron chi connectivity index (χ3n) is 3.27. The van der Waals surface area contributed by atoms with E-state index in [1.54, 1.807) is 6.07 Å². The first-order valence-electron chi connectivity index (χ1n) is 6.31. The van der Waals surface area contributed by atoms with Gasteiger partial charge in [-0.15, -0.1) is 0 Å². The van der Waals surface area contributed by atoms with Crippen LogP contribution >= 0.6 is 11.6 Å². The molecule has 0 aliphatic heterocycles. The summed E-state index contributed by atoms with van der Waals surface area (Å²) in [4.78, 5) is 0. The van der Waals surface area contributed by atoms with Crippen LogP contribution in [-0.2, 0) is 6.54 Å². The Morgan fingerprint density at radius 1 is 1.21 bits per heavy atom. The first-order chi connectivity index (χ1) is 9.08. The molecule has 0 amide bonds. The van der Waals surface area contributed by atoms with Gasteiger partial charge in [-0.1, -0.05) is 41.9 Å². The topological polar surface area (TPSA) is 12.0 Å². The summed E-state index contributed by atoms with van der Waals surface area (Å²) in [7, 11) is 0. The second kappa shape index (κ2) is 6.18. The predicted octanol–water partition coefficient (Wildman–Crippen LogP) is 4.64. The molecular formula is C16H17ClFN. The highest BCUT2D eigenvalue weighted by Crippen LogP contribution is 2.20. The summed E-state index contributed by atoms with van der Waals surface area (Å²) in [5, 5.41) is 3.87. The molecule has 1 nitrogen and oxygen atoms in total. The van der Waals surface area contributed by atoms with Crippen LogP contribution in [0.1, 0.15) is 29.7 Å². The van der Waals surface area contributed by atoms with E-state index in [1.807, 2.05) is 12.1 Å². The van der Waals surface area contributed by atoms with Gasteiger partial charge in [0.1, 0.15) is 5.82 Å². The number of benzene rings is 2. The number of rotatable bonds is 4. The van der Waals surface area contributed by atoms with Crippen molar-refractivity contribution in [1.82, 2.24) is 5.32 Å². The predicted molar refractivity (Wildman–Crippen MR) is 77.8 cm³/mol. The van der Waals surface area contributed by atoms with E-state index in [-0.39, 0.29) is 11.9 Å². The standard InChI is InChI=1S/C16H17ClFN/c1-11-5-3-4-6-15(11)12(2)19-10-13-7-8-14(18)9-16(13)17/h3-9,12,19H,10H2,1-2H3/t12-/m1/s1. The van der Waals surface area contributed by atoms with Crippen LogP contribution < -0.4 is 5.32 Å². The molecular weight excluding hydrogens is 261 g/mol. The summed E-state index contributed by atoms with van der Waals surface area (Å²) in [6, 6.07) is 13.0. The van der Waals surface area contributed by atoms with Crippen molar-refractivity contribution in [3.05, 3.63) is 70.0 Å². The van der Waals surface area contributed by atoms with Gasteiger partial charge in [0.2, 0.25) is 0 Å². The van der Waals surface area contributed by atoms with Gasteiger partial charge in [0.05, 0.1) is 0 Å². The summed E-state index contributed by atoms with van der Waals surface area (Å²) in [6.07, 6.45) is 0. The highest BCUT2D eigenvalue weighted by atomic mass is 35.5. The van der Waals surface area contributed by atoms with Gasteiger partial charge in [0.15, 0.2) is 0 Å². The molecule has 2 aromatic carbocycles. The van der Waals surface area contributed by atoms with Crippen LogP contribution in [0, 0.1) is 12.7 Å². The molecule has 0 aliphatic carbocycles. The Balaban J connectivity index is 2.04. The maximum Gasteiger partial charge on any atom is 0.124 e. The van der Waals surface area contributed by atoms with E-state index >= 15 is 0 Å². The molecule has 1 N–H and O–H groups in total. The average molecular weight is 278 g/mol. The monoisotopic (exact) mass is 277 g/mol. The first-order valence-corrected chi connectivity index (χ1v) is 6.68. The Hall–Kier alpha value is -1.38. The second-order valence-corrected chi connectivity index (χ2v) is 5.10. The van der Waals surface area contributed by atoms with Crippen molar-refractivity contribution in [2.75, 3.05) is 0 Å². The SMILES string of the molecule is Cc1ccccc1[C@@H](C)NCc1ccc(F)cc1Cl. The van der Waals surface area contributed by atoms with E-state index in [0.717, 1.165) is 5.56 Å². The van der Waals surface area contributed by atoms with E-state index < -0.39 is 0 Å². The quantitative estimate of drug-likeness (QED) is 0.858. The summed E-state index contributed by atoms with van der Waals surface area (Å²) in [5.74, 6) is -0.305. The third kappa shape index (κ3) is 3.55. The maximum absolute atomic E-state index is 13.0. The lowest BCUT2D eigenvalue weighted by Gasteiger charge is -2.17. The van der Waals surface area contributed by atoms with Crippen LogP contribution in [0.25, 0.3) is 0 Å². The van der Waals surface area contributed by atoms with Gasteiger partial charge < -0.3 is 5.32 Å². The van der Waals surface area contributed by atoms with Crippen LogP contribution in [0.3, 0.4) is 0 Å². The molecule has 0 saturated heterocycles. The van der Waals surface area contributed by atoms with Crippen molar-refractivity contribution in [3.63, 3.8) is 0 Å². The molecule has 0 heterocycles. The molecule has 0 radical (unpaired) electrons. The summed E-state index contributed by atoms with van der Waals surface area (Å²) < 4.78 is 13.0. The molecule has 0 aliphatic rings. The Morgan fingerprint density at radius 3 is 2.63 bits per heavy atom. The van der Waals surface area contributed by atoms with Crippen LogP contribution in [-0.4, -0.2) is 0 Å². The fourth-order valence-electron chi connectivity index (χ4n) is 2.11. The van der Waals surface area contributed by atoms with Crippen LogP contribution in [0.2, 0.25) is 5.02 Å². The van der Waals surface area contributed by atoms with Crippen molar-refractivity contribution in [3.8, 4) is 0 Å². The van der Waals surface area contributed by atoms with Crippen molar-refractivity contribution in [2.24, 2.45) is 0 Å². The molecule has 0 saturated carbocycles. The van der Waals surface area contributed by atoms with Crippen molar-refractivity contribution in [2.45, 2.75) is 26.4 Å². The fourth-order valence-corrected chi connectivity index (χ4v) is 2.34. The zero-order valence-corrected chi connectivity index (χ0v) is 11.8.